The van der Waals surface area contributed by atoms with E-state index >= 15 is 0 Å². The number of rotatable bonds is 8. The second-order valence-electron chi connectivity index (χ2n) is 10.5. The number of amides is 1. The molecule has 2 heterocycles. The van der Waals surface area contributed by atoms with Crippen molar-refractivity contribution in [3.05, 3.63) is 51.7 Å². The molecule has 1 aliphatic carbocycles. The number of nitrogens with zero attached hydrogens (tertiary/aromatic N) is 3. The third kappa shape index (κ3) is 6.77. The summed E-state index contributed by atoms with van der Waals surface area (Å²) in [6.07, 6.45) is 6.25. The summed E-state index contributed by atoms with van der Waals surface area (Å²) < 4.78 is 12.8. The summed E-state index contributed by atoms with van der Waals surface area (Å²) in [7, 11) is 3.24. The molecule has 1 aromatic carbocycles. The van der Waals surface area contributed by atoms with Gasteiger partial charge in [0.2, 0.25) is 5.91 Å². The first kappa shape index (κ1) is 28.2. The lowest BCUT2D eigenvalue weighted by Crippen LogP contribution is -2.16. The van der Waals surface area contributed by atoms with E-state index in [0.29, 0.717) is 21.5 Å². The van der Waals surface area contributed by atoms with Gasteiger partial charge in [-0.3, -0.25) is 4.79 Å². The average Bonchev–Trinajstić information content (AvgIpc) is 3.39. The molecule has 1 N–H and O–H groups in total. The topological polar surface area (TPSA) is 95.3 Å². The largest absolute Gasteiger partial charge is 0.486 e. The maximum absolute atomic E-state index is 12.9. The molecule has 3 aromatic rings. The lowest BCUT2D eigenvalue weighted by Gasteiger charge is -2.19. The number of nitrogens with one attached hydrogen (secondary N) is 1. The second kappa shape index (κ2) is 12.3. The minimum Gasteiger partial charge on any atom is -0.486 e. The fourth-order valence-electron chi connectivity index (χ4n) is 4.41. The van der Waals surface area contributed by atoms with Crippen LogP contribution in [-0.2, 0) is 41.4 Å². The number of aromatic nitrogens is 3. The predicted molar refractivity (Wildman–Crippen MR) is 151 cm³/mol. The first-order valence-electron chi connectivity index (χ1n) is 12.9. The Kier molecular flexibility index (Phi) is 9.15. The molecule has 0 saturated heterocycles. The Hall–Kier alpha value is -2.85. The van der Waals surface area contributed by atoms with Crippen molar-refractivity contribution >= 4 is 40.0 Å². The van der Waals surface area contributed by atoms with Gasteiger partial charge in [-0.2, -0.15) is 0 Å². The quantitative estimate of drug-likeness (QED) is 0.271. The van der Waals surface area contributed by atoms with Gasteiger partial charge in [-0.1, -0.05) is 57.5 Å². The van der Waals surface area contributed by atoms with E-state index in [1.165, 1.54) is 47.1 Å². The van der Waals surface area contributed by atoms with Gasteiger partial charge in [-0.25, -0.2) is 4.79 Å². The molecule has 4 rings (SSSR count). The minimum atomic E-state index is -0.392. The first-order chi connectivity index (χ1) is 18.2. The highest BCUT2D eigenvalue weighted by Crippen LogP contribution is 2.37. The van der Waals surface area contributed by atoms with E-state index in [1.807, 2.05) is 23.7 Å². The van der Waals surface area contributed by atoms with Gasteiger partial charge >= 0.3 is 5.97 Å². The number of thiophene rings is 1. The summed E-state index contributed by atoms with van der Waals surface area (Å²) >= 11 is 2.79. The van der Waals surface area contributed by atoms with Crippen LogP contribution in [0.25, 0.3) is 0 Å². The Bertz CT molecular complexity index is 1280. The molecule has 38 heavy (non-hydrogen) atoms. The van der Waals surface area contributed by atoms with Crippen molar-refractivity contribution in [2.75, 3.05) is 18.2 Å². The van der Waals surface area contributed by atoms with Gasteiger partial charge < -0.3 is 19.4 Å². The molecule has 1 amide bonds. The van der Waals surface area contributed by atoms with E-state index in [1.54, 1.807) is 0 Å². The van der Waals surface area contributed by atoms with Crippen molar-refractivity contribution in [3.8, 4) is 5.75 Å². The smallest absolute Gasteiger partial charge is 0.341 e. The molecule has 0 unspecified atom stereocenters. The zero-order chi connectivity index (χ0) is 27.3. The van der Waals surface area contributed by atoms with E-state index in [4.69, 9.17) is 9.47 Å². The maximum Gasteiger partial charge on any atom is 0.341 e. The normalized spacial score (nSPS) is 13.8. The molecule has 0 atom stereocenters. The zero-order valence-corrected chi connectivity index (χ0v) is 24.4. The molecular weight excluding hydrogens is 520 g/mol. The summed E-state index contributed by atoms with van der Waals surface area (Å²) in [5, 5.41) is 12.6. The summed E-state index contributed by atoms with van der Waals surface area (Å²) in [5.74, 6) is 0.982. The lowest BCUT2D eigenvalue weighted by molar-refractivity contribution is -0.113. The highest BCUT2D eigenvalue weighted by molar-refractivity contribution is 7.99. The number of hydrogen-bond acceptors (Lipinski definition) is 8. The van der Waals surface area contributed by atoms with Crippen LogP contribution in [-0.4, -0.2) is 39.5 Å². The number of fused-ring (bicyclic) bond motifs is 1. The van der Waals surface area contributed by atoms with Crippen LogP contribution in [0.4, 0.5) is 5.00 Å². The van der Waals surface area contributed by atoms with Gasteiger partial charge in [-0.15, -0.1) is 21.5 Å². The zero-order valence-electron chi connectivity index (χ0n) is 22.8. The minimum absolute atomic E-state index is 0.0863. The van der Waals surface area contributed by atoms with Crippen LogP contribution in [0.15, 0.2) is 29.4 Å². The van der Waals surface area contributed by atoms with Gasteiger partial charge in [0.25, 0.3) is 0 Å². The Balaban J connectivity index is 1.36. The summed E-state index contributed by atoms with van der Waals surface area (Å²) in [5.41, 5.74) is 2.88. The highest BCUT2D eigenvalue weighted by atomic mass is 32.2. The van der Waals surface area contributed by atoms with Crippen LogP contribution in [0, 0.1) is 0 Å². The first-order valence-corrected chi connectivity index (χ1v) is 14.7. The number of aryl methyl sites for hydroxylation is 1. The van der Waals surface area contributed by atoms with Crippen LogP contribution in [0.3, 0.4) is 0 Å². The van der Waals surface area contributed by atoms with Crippen LogP contribution >= 0.6 is 23.1 Å². The lowest BCUT2D eigenvalue weighted by atomic mass is 9.87. The summed E-state index contributed by atoms with van der Waals surface area (Å²) in [4.78, 5) is 26.6. The van der Waals surface area contributed by atoms with Gasteiger partial charge in [0.05, 0.1) is 18.4 Å². The van der Waals surface area contributed by atoms with Crippen molar-refractivity contribution in [1.29, 1.82) is 0 Å². The van der Waals surface area contributed by atoms with Crippen LogP contribution in [0.5, 0.6) is 5.75 Å². The molecular formula is C28H36N4O4S2. The summed E-state index contributed by atoms with van der Waals surface area (Å²) in [6.45, 7) is 6.80. The Morgan fingerprint density at radius 1 is 1.08 bits per heavy atom. The molecule has 8 nitrogen and oxygen atoms in total. The monoisotopic (exact) mass is 556 g/mol. The highest BCUT2D eigenvalue weighted by Gasteiger charge is 2.26. The van der Waals surface area contributed by atoms with Crippen molar-refractivity contribution in [3.63, 3.8) is 0 Å². The average molecular weight is 557 g/mol. The van der Waals surface area contributed by atoms with Crippen LogP contribution in [0.2, 0.25) is 0 Å². The molecule has 0 bridgehead atoms. The number of carbonyl (C=O) groups is 2. The van der Waals surface area contributed by atoms with E-state index < -0.39 is 5.97 Å². The Morgan fingerprint density at radius 2 is 1.79 bits per heavy atom. The SMILES string of the molecule is COC(=O)c1c(NC(=O)CSc2nnc(COc3ccc(C(C)(C)C)cc3)n2C)sc2c1CCCCCC2. The number of ether oxygens (including phenoxy) is 2. The van der Waals surface area contributed by atoms with E-state index in [0.717, 1.165) is 43.4 Å². The van der Waals surface area contributed by atoms with Crippen molar-refractivity contribution in [2.45, 2.75) is 76.5 Å². The molecule has 1 aliphatic rings. The van der Waals surface area contributed by atoms with Crippen molar-refractivity contribution in [2.24, 2.45) is 7.05 Å². The maximum atomic E-state index is 12.9. The number of anilines is 1. The standard InChI is InChI=1S/C28H36N4O4S2/c1-28(2,3)18-12-14-19(15-13-18)36-16-22-30-31-27(32(22)4)37-17-23(33)29-25-24(26(34)35-5)20-10-8-6-7-9-11-21(20)38-25/h12-15H,6-11,16-17H2,1-5H3,(H,29,33). The number of hydrogen-bond donors (Lipinski definition) is 1. The molecule has 2 aromatic heterocycles. The number of benzene rings is 1. The molecule has 0 aliphatic heterocycles. The van der Waals surface area contributed by atoms with Crippen molar-refractivity contribution < 1.29 is 19.1 Å². The molecule has 0 fully saturated rings. The molecule has 0 radical (unpaired) electrons. The van der Waals surface area contributed by atoms with Gasteiger partial charge in [0.15, 0.2) is 11.0 Å². The predicted octanol–water partition coefficient (Wildman–Crippen LogP) is 5.93. The number of esters is 1. The Morgan fingerprint density at radius 3 is 2.47 bits per heavy atom. The third-order valence-electron chi connectivity index (χ3n) is 6.66. The Labute approximate surface area is 232 Å². The fraction of sp³-hybridized carbons (Fsp3) is 0.500. The summed E-state index contributed by atoms with van der Waals surface area (Å²) in [6, 6.07) is 8.08. The fourth-order valence-corrected chi connectivity index (χ4v) is 6.44. The van der Waals surface area contributed by atoms with E-state index in [2.05, 4.69) is 48.4 Å². The van der Waals surface area contributed by atoms with Gasteiger partial charge in [0, 0.05) is 11.9 Å². The van der Waals surface area contributed by atoms with Crippen LogP contribution in [0.1, 0.15) is 78.6 Å². The second-order valence-corrected chi connectivity index (χ2v) is 12.5. The molecule has 204 valence electrons. The van der Waals surface area contributed by atoms with Crippen molar-refractivity contribution in [1.82, 2.24) is 14.8 Å². The van der Waals surface area contributed by atoms with Gasteiger partial charge in [-0.05, 0) is 54.4 Å². The number of thioether (sulfide) groups is 1. The van der Waals surface area contributed by atoms with Crippen LogP contribution < -0.4 is 10.1 Å². The molecule has 0 saturated carbocycles. The number of methoxy groups -OCH3 is 1. The van der Waals surface area contributed by atoms with Gasteiger partial charge in [0.1, 0.15) is 17.4 Å². The molecule has 10 heteroatoms. The van der Waals surface area contributed by atoms with E-state index in [-0.39, 0.29) is 23.7 Å². The van der Waals surface area contributed by atoms with E-state index in [9.17, 15) is 9.59 Å². The molecule has 0 spiro atoms. The number of carbonyl (C=O) groups excluding carboxylic acids is 2. The third-order valence-corrected chi connectivity index (χ3v) is 8.89.